The van der Waals surface area contributed by atoms with Gasteiger partial charge < -0.3 is 0 Å². The Bertz CT molecular complexity index is 656. The van der Waals surface area contributed by atoms with Gasteiger partial charge in [-0.3, -0.25) is 19.1 Å². The minimum absolute atomic E-state index is 0.0372. The van der Waals surface area contributed by atoms with E-state index in [9.17, 15) is 14.4 Å². The fourth-order valence-electron chi connectivity index (χ4n) is 1.64. The van der Waals surface area contributed by atoms with Crippen LogP contribution in [0.4, 0.5) is 0 Å². The molecule has 2 aromatic rings. The molecule has 92 valence electrons. The molecule has 5 heteroatoms. The van der Waals surface area contributed by atoms with Crippen LogP contribution in [0.15, 0.2) is 52.2 Å². The Hall–Kier alpha value is -2.43. The maximum Gasteiger partial charge on any atom is 0.328 e. The Kier molecular flexibility index (Phi) is 3.52. The first-order valence-electron chi connectivity index (χ1n) is 5.50. The number of rotatable bonds is 4. The number of benzene rings is 1. The highest BCUT2D eigenvalue weighted by molar-refractivity contribution is 5.80. The molecular weight excluding hydrogens is 232 g/mol. The van der Waals surface area contributed by atoms with Gasteiger partial charge in [-0.1, -0.05) is 30.3 Å². The van der Waals surface area contributed by atoms with Crippen molar-refractivity contribution < 1.29 is 4.79 Å². The van der Waals surface area contributed by atoms with Crippen LogP contribution < -0.4 is 11.2 Å². The van der Waals surface area contributed by atoms with Crippen LogP contribution in [0.25, 0.3) is 0 Å². The zero-order chi connectivity index (χ0) is 13.0. The number of carbonyl (C=O) groups is 1. The van der Waals surface area contributed by atoms with Crippen molar-refractivity contribution in [3.8, 4) is 0 Å². The molecule has 0 fully saturated rings. The Morgan fingerprint density at radius 2 is 1.83 bits per heavy atom. The van der Waals surface area contributed by atoms with Crippen molar-refractivity contribution in [1.82, 2.24) is 9.55 Å². The van der Waals surface area contributed by atoms with Gasteiger partial charge in [0, 0.05) is 18.7 Å². The van der Waals surface area contributed by atoms with Crippen LogP contribution in [-0.2, 0) is 17.8 Å². The number of aromatic nitrogens is 2. The summed E-state index contributed by atoms with van der Waals surface area (Å²) in [5.74, 6) is -0.0876. The summed E-state index contributed by atoms with van der Waals surface area (Å²) >= 11 is 0. The third-order valence-electron chi connectivity index (χ3n) is 2.49. The Balaban J connectivity index is 2.08. The summed E-state index contributed by atoms with van der Waals surface area (Å²) in [7, 11) is 0. The van der Waals surface area contributed by atoms with Gasteiger partial charge in [-0.25, -0.2) is 4.79 Å². The summed E-state index contributed by atoms with van der Waals surface area (Å²) in [6.45, 7) is -0.0372. The van der Waals surface area contributed by atoms with Crippen LogP contribution >= 0.6 is 0 Å². The van der Waals surface area contributed by atoms with Crippen LogP contribution in [0.3, 0.4) is 0 Å². The summed E-state index contributed by atoms with van der Waals surface area (Å²) in [4.78, 5) is 36.1. The SMILES string of the molecule is O=C(Cc1ccccc1)Cn1ccc(=O)[nH]c1=O. The van der Waals surface area contributed by atoms with Crippen LogP contribution in [0.5, 0.6) is 0 Å². The molecule has 5 nitrogen and oxygen atoms in total. The van der Waals surface area contributed by atoms with Crippen molar-refractivity contribution in [2.24, 2.45) is 0 Å². The molecule has 0 saturated heterocycles. The molecule has 0 radical (unpaired) electrons. The maximum atomic E-state index is 11.8. The average Bonchev–Trinajstić information content (AvgIpc) is 2.34. The van der Waals surface area contributed by atoms with Crippen molar-refractivity contribution in [3.05, 3.63) is 69.0 Å². The highest BCUT2D eigenvalue weighted by Gasteiger charge is 2.06. The van der Waals surface area contributed by atoms with E-state index in [0.717, 1.165) is 5.56 Å². The fourth-order valence-corrected chi connectivity index (χ4v) is 1.64. The van der Waals surface area contributed by atoms with E-state index in [4.69, 9.17) is 0 Å². The first kappa shape index (κ1) is 12.0. The van der Waals surface area contributed by atoms with E-state index in [1.165, 1.54) is 16.8 Å². The molecular formula is C13H12N2O3. The number of nitrogens with zero attached hydrogens (tertiary/aromatic N) is 1. The van der Waals surface area contributed by atoms with E-state index in [1.54, 1.807) is 0 Å². The molecule has 0 unspecified atom stereocenters. The molecule has 0 aliphatic heterocycles. The third kappa shape index (κ3) is 3.04. The first-order chi connectivity index (χ1) is 8.65. The molecule has 0 aliphatic rings. The number of ketones is 1. The van der Waals surface area contributed by atoms with E-state index in [2.05, 4.69) is 4.98 Å². The van der Waals surface area contributed by atoms with Gasteiger partial charge in [0.2, 0.25) is 0 Å². The molecule has 0 spiro atoms. The van der Waals surface area contributed by atoms with E-state index < -0.39 is 11.2 Å². The predicted molar refractivity (Wildman–Crippen MR) is 66.5 cm³/mol. The van der Waals surface area contributed by atoms with E-state index >= 15 is 0 Å². The quantitative estimate of drug-likeness (QED) is 0.843. The smallest absolute Gasteiger partial charge is 0.297 e. The number of H-pyrrole nitrogens is 1. The Morgan fingerprint density at radius 1 is 1.11 bits per heavy atom. The van der Waals surface area contributed by atoms with Crippen LogP contribution in [0, 0.1) is 0 Å². The normalized spacial score (nSPS) is 10.2. The van der Waals surface area contributed by atoms with Gasteiger partial charge in [-0.2, -0.15) is 0 Å². The zero-order valence-electron chi connectivity index (χ0n) is 9.63. The number of nitrogens with one attached hydrogen (secondary N) is 1. The van der Waals surface area contributed by atoms with E-state index in [0.29, 0.717) is 0 Å². The monoisotopic (exact) mass is 244 g/mol. The molecule has 0 atom stereocenters. The highest BCUT2D eigenvalue weighted by atomic mass is 16.2. The van der Waals surface area contributed by atoms with Crippen molar-refractivity contribution in [1.29, 1.82) is 0 Å². The number of hydrogen-bond donors (Lipinski definition) is 1. The lowest BCUT2D eigenvalue weighted by atomic mass is 10.1. The Labute approximate surface area is 103 Å². The molecule has 2 rings (SSSR count). The number of Topliss-reactive ketones (excluding diaryl/α,β-unsaturated/α-hetero) is 1. The second-order valence-corrected chi connectivity index (χ2v) is 3.94. The lowest BCUT2D eigenvalue weighted by Gasteiger charge is -2.03. The molecule has 0 bridgehead atoms. The predicted octanol–water partition coefficient (Wildman–Crippen LogP) is 0.348. The second kappa shape index (κ2) is 5.27. The highest BCUT2D eigenvalue weighted by Crippen LogP contribution is 2.00. The summed E-state index contributed by atoms with van der Waals surface area (Å²) < 4.78 is 1.19. The molecule has 1 N–H and O–H groups in total. The molecule has 0 amide bonds. The molecule has 0 saturated carbocycles. The summed E-state index contributed by atoms with van der Waals surface area (Å²) in [5, 5.41) is 0. The largest absolute Gasteiger partial charge is 0.328 e. The van der Waals surface area contributed by atoms with Crippen LogP contribution in [0.2, 0.25) is 0 Å². The Morgan fingerprint density at radius 3 is 2.50 bits per heavy atom. The lowest BCUT2D eigenvalue weighted by molar-refractivity contribution is -0.119. The van der Waals surface area contributed by atoms with Gasteiger partial charge in [0.1, 0.15) is 0 Å². The standard InChI is InChI=1S/C13H12N2O3/c16-11(8-10-4-2-1-3-5-10)9-15-7-6-12(17)14-13(15)18/h1-7H,8-9H2,(H,14,17,18). The third-order valence-corrected chi connectivity index (χ3v) is 2.49. The zero-order valence-corrected chi connectivity index (χ0v) is 9.63. The van der Waals surface area contributed by atoms with E-state index in [-0.39, 0.29) is 18.7 Å². The number of hydrogen-bond acceptors (Lipinski definition) is 3. The number of carbonyl (C=O) groups excluding carboxylic acids is 1. The van der Waals surface area contributed by atoms with Crippen molar-refractivity contribution >= 4 is 5.78 Å². The summed E-state index contributed by atoms with van der Waals surface area (Å²) in [6, 6.07) is 10.5. The van der Waals surface area contributed by atoms with Crippen molar-refractivity contribution in [3.63, 3.8) is 0 Å². The van der Waals surface area contributed by atoms with Gasteiger partial charge >= 0.3 is 5.69 Å². The van der Waals surface area contributed by atoms with Gasteiger partial charge in [-0.15, -0.1) is 0 Å². The summed E-state index contributed by atoms with van der Waals surface area (Å²) in [6.07, 6.45) is 1.59. The topological polar surface area (TPSA) is 71.9 Å². The maximum absolute atomic E-state index is 11.8. The minimum Gasteiger partial charge on any atom is -0.297 e. The van der Waals surface area contributed by atoms with Crippen molar-refractivity contribution in [2.45, 2.75) is 13.0 Å². The fraction of sp³-hybridized carbons (Fsp3) is 0.154. The second-order valence-electron chi connectivity index (χ2n) is 3.94. The van der Waals surface area contributed by atoms with E-state index in [1.807, 2.05) is 30.3 Å². The van der Waals surface area contributed by atoms with Crippen LogP contribution in [0.1, 0.15) is 5.56 Å². The molecule has 0 aliphatic carbocycles. The first-order valence-corrected chi connectivity index (χ1v) is 5.50. The molecule has 1 aromatic carbocycles. The molecule has 1 heterocycles. The average molecular weight is 244 g/mol. The minimum atomic E-state index is -0.566. The van der Waals surface area contributed by atoms with Gasteiger partial charge in [0.15, 0.2) is 5.78 Å². The van der Waals surface area contributed by atoms with Gasteiger partial charge in [0.25, 0.3) is 5.56 Å². The van der Waals surface area contributed by atoms with Crippen LogP contribution in [-0.4, -0.2) is 15.3 Å². The van der Waals surface area contributed by atoms with Gasteiger partial charge in [-0.05, 0) is 5.56 Å². The molecule has 1 aromatic heterocycles. The van der Waals surface area contributed by atoms with Crippen molar-refractivity contribution in [2.75, 3.05) is 0 Å². The lowest BCUT2D eigenvalue weighted by Crippen LogP contribution is -2.31. The molecule has 18 heavy (non-hydrogen) atoms. The van der Waals surface area contributed by atoms with Gasteiger partial charge in [0.05, 0.1) is 6.54 Å². The summed E-state index contributed by atoms with van der Waals surface area (Å²) in [5.41, 5.74) is -0.129. The number of aromatic amines is 1.